The van der Waals surface area contributed by atoms with Crippen molar-refractivity contribution in [3.05, 3.63) is 194 Å². The zero-order valence-corrected chi connectivity index (χ0v) is 30.7. The van der Waals surface area contributed by atoms with Gasteiger partial charge in [0.25, 0.3) is 0 Å². The highest BCUT2D eigenvalue weighted by molar-refractivity contribution is 6.23. The van der Waals surface area contributed by atoms with Crippen molar-refractivity contribution >= 4 is 43.1 Å². The maximum atomic E-state index is 4.74. The molecule has 0 aliphatic heterocycles. The van der Waals surface area contributed by atoms with Crippen LogP contribution in [0.1, 0.15) is 25.0 Å². The number of rotatable bonds is 4. The van der Waals surface area contributed by atoms with Crippen molar-refractivity contribution in [2.24, 2.45) is 0 Å². The molecule has 2 heterocycles. The molecule has 0 fully saturated rings. The van der Waals surface area contributed by atoms with E-state index in [1.807, 2.05) is 18.6 Å². The number of hydrogen-bond donors (Lipinski definition) is 0. The van der Waals surface area contributed by atoms with Gasteiger partial charge >= 0.3 is 0 Å². The zero-order chi connectivity index (χ0) is 36.7. The molecular weight excluding hydrogens is 665 g/mol. The monoisotopic (exact) mass is 700 g/mol. The fourth-order valence-electron chi connectivity index (χ4n) is 9.58. The van der Waals surface area contributed by atoms with E-state index in [9.17, 15) is 0 Å². The van der Waals surface area contributed by atoms with Crippen LogP contribution in [0.3, 0.4) is 0 Å². The minimum atomic E-state index is -0.0847. The molecule has 0 atom stereocenters. The Morgan fingerprint density at radius 2 is 0.764 bits per heavy atom. The first-order valence-corrected chi connectivity index (χ1v) is 19.1. The van der Waals surface area contributed by atoms with Gasteiger partial charge in [-0.25, -0.2) is 0 Å². The Balaban J connectivity index is 1.15. The van der Waals surface area contributed by atoms with Gasteiger partial charge in [-0.2, -0.15) is 0 Å². The lowest BCUT2D eigenvalue weighted by atomic mass is 9.80. The third-order valence-electron chi connectivity index (χ3n) is 12.0. The lowest BCUT2D eigenvalue weighted by molar-refractivity contribution is 0.660. The van der Waals surface area contributed by atoms with Gasteiger partial charge in [-0.3, -0.25) is 9.97 Å². The molecule has 1 aliphatic rings. The molecule has 55 heavy (non-hydrogen) atoms. The van der Waals surface area contributed by atoms with Gasteiger partial charge in [0, 0.05) is 41.0 Å². The fraction of sp³-hybridized carbons (Fsp3) is 0.0566. The number of aromatic nitrogens is 2. The number of benzene rings is 8. The van der Waals surface area contributed by atoms with E-state index in [2.05, 4.69) is 183 Å². The van der Waals surface area contributed by atoms with Crippen LogP contribution in [0.2, 0.25) is 0 Å². The van der Waals surface area contributed by atoms with Gasteiger partial charge in [0.2, 0.25) is 0 Å². The first kappa shape index (κ1) is 31.6. The molecule has 0 unspecified atom stereocenters. The molecule has 0 saturated heterocycles. The van der Waals surface area contributed by atoms with Gasteiger partial charge in [-0.15, -0.1) is 0 Å². The molecule has 2 aromatic heterocycles. The van der Waals surface area contributed by atoms with Crippen LogP contribution < -0.4 is 0 Å². The standard InChI is InChI=1S/C53H36N2/c1-53(2)47-22-11-10-17-37(47)38-24-23-36(30-48(38)53)50-40-19-7-9-21-42(40)52(46-32-55-28-26-44(46)50)35-16-12-15-34(29-35)51-41-20-8-6-18-39(41)49(33-13-4-3-5-14-33)43-25-27-54-31-45(43)51/h3-32H,1-2H3. The highest BCUT2D eigenvalue weighted by Crippen LogP contribution is 2.52. The Kier molecular flexibility index (Phi) is 6.93. The van der Waals surface area contributed by atoms with E-state index in [1.165, 1.54) is 88.0 Å². The molecule has 0 N–H and O–H groups in total. The topological polar surface area (TPSA) is 25.8 Å². The van der Waals surface area contributed by atoms with Crippen LogP contribution in [0.25, 0.3) is 98.7 Å². The molecule has 0 saturated carbocycles. The second kappa shape index (κ2) is 12.1. The molecule has 11 rings (SSSR count). The molecule has 2 nitrogen and oxygen atoms in total. The van der Waals surface area contributed by atoms with Crippen LogP contribution in [-0.2, 0) is 5.41 Å². The second-order valence-corrected chi connectivity index (χ2v) is 15.3. The summed E-state index contributed by atoms with van der Waals surface area (Å²) < 4.78 is 0. The second-order valence-electron chi connectivity index (χ2n) is 15.3. The zero-order valence-electron chi connectivity index (χ0n) is 30.7. The van der Waals surface area contributed by atoms with Crippen molar-refractivity contribution < 1.29 is 0 Å². The Bertz CT molecular complexity index is 3060. The quantitative estimate of drug-likeness (QED) is 0.171. The first-order chi connectivity index (χ1) is 27.1. The van der Waals surface area contributed by atoms with Crippen LogP contribution in [0, 0.1) is 0 Å². The van der Waals surface area contributed by atoms with Crippen LogP contribution in [0.5, 0.6) is 0 Å². The summed E-state index contributed by atoms with van der Waals surface area (Å²) in [6.45, 7) is 4.71. The minimum absolute atomic E-state index is 0.0847. The van der Waals surface area contributed by atoms with E-state index in [4.69, 9.17) is 4.98 Å². The lowest BCUT2D eigenvalue weighted by Gasteiger charge is -2.23. The normalized spacial score (nSPS) is 13.1. The Morgan fingerprint density at radius 3 is 1.36 bits per heavy atom. The highest BCUT2D eigenvalue weighted by atomic mass is 14.6. The van der Waals surface area contributed by atoms with Gasteiger partial charge in [-0.05, 0) is 123 Å². The fourth-order valence-corrected chi connectivity index (χ4v) is 9.58. The van der Waals surface area contributed by atoms with Crippen LogP contribution in [0.15, 0.2) is 183 Å². The van der Waals surface area contributed by atoms with Crippen LogP contribution >= 0.6 is 0 Å². The van der Waals surface area contributed by atoms with Crippen LogP contribution in [-0.4, -0.2) is 9.97 Å². The molecule has 10 aromatic rings. The smallest absolute Gasteiger partial charge is 0.0353 e. The van der Waals surface area contributed by atoms with Crippen LogP contribution in [0.4, 0.5) is 0 Å². The molecule has 1 aliphatic carbocycles. The predicted octanol–water partition coefficient (Wildman–Crippen LogP) is 14.1. The average molecular weight is 701 g/mol. The number of nitrogens with zero attached hydrogens (tertiary/aromatic N) is 2. The van der Waals surface area contributed by atoms with Crippen molar-refractivity contribution in [3.8, 4) is 55.6 Å². The third-order valence-corrected chi connectivity index (χ3v) is 12.0. The SMILES string of the molecule is CC1(C)c2ccccc2-c2ccc(-c3c4ccccc4c(-c4cccc(-c5c6ccccc6c(-c6ccccc6)c6ccncc56)c4)c4cnccc34)cc21. The molecule has 8 aromatic carbocycles. The summed E-state index contributed by atoms with van der Waals surface area (Å²) in [5, 5.41) is 9.60. The highest BCUT2D eigenvalue weighted by Gasteiger charge is 2.35. The summed E-state index contributed by atoms with van der Waals surface area (Å²) in [4.78, 5) is 9.42. The maximum Gasteiger partial charge on any atom is 0.0353 e. The summed E-state index contributed by atoms with van der Waals surface area (Å²) >= 11 is 0. The molecule has 258 valence electrons. The number of fused-ring (bicyclic) bond motifs is 7. The van der Waals surface area contributed by atoms with Gasteiger partial charge < -0.3 is 0 Å². The Labute approximate surface area is 320 Å². The molecule has 0 spiro atoms. The van der Waals surface area contributed by atoms with Gasteiger partial charge in [-0.1, -0.05) is 147 Å². The number of pyridine rings is 2. The van der Waals surface area contributed by atoms with E-state index >= 15 is 0 Å². The molecule has 0 radical (unpaired) electrons. The Morgan fingerprint density at radius 1 is 0.327 bits per heavy atom. The van der Waals surface area contributed by atoms with Crippen molar-refractivity contribution in [3.63, 3.8) is 0 Å². The summed E-state index contributed by atoms with van der Waals surface area (Å²) in [5.74, 6) is 0. The largest absolute Gasteiger partial charge is 0.264 e. The average Bonchev–Trinajstić information content (AvgIpc) is 3.47. The van der Waals surface area contributed by atoms with E-state index in [0.717, 1.165) is 21.9 Å². The predicted molar refractivity (Wildman–Crippen MR) is 231 cm³/mol. The van der Waals surface area contributed by atoms with Crippen molar-refractivity contribution in [2.75, 3.05) is 0 Å². The van der Waals surface area contributed by atoms with E-state index in [1.54, 1.807) is 0 Å². The molecular formula is C53H36N2. The third kappa shape index (κ3) is 4.68. The molecule has 2 heteroatoms. The maximum absolute atomic E-state index is 4.74. The summed E-state index contributed by atoms with van der Waals surface area (Å²) in [6.07, 6.45) is 7.95. The van der Waals surface area contributed by atoms with Gasteiger partial charge in [0.15, 0.2) is 0 Å². The number of hydrogen-bond acceptors (Lipinski definition) is 2. The molecule has 0 amide bonds. The van der Waals surface area contributed by atoms with Crippen molar-refractivity contribution in [1.82, 2.24) is 9.97 Å². The van der Waals surface area contributed by atoms with Crippen molar-refractivity contribution in [2.45, 2.75) is 19.3 Å². The van der Waals surface area contributed by atoms with E-state index < -0.39 is 0 Å². The van der Waals surface area contributed by atoms with Crippen molar-refractivity contribution in [1.29, 1.82) is 0 Å². The summed E-state index contributed by atoms with van der Waals surface area (Å²) in [5.41, 5.74) is 15.0. The van der Waals surface area contributed by atoms with Gasteiger partial charge in [0.05, 0.1) is 0 Å². The first-order valence-electron chi connectivity index (χ1n) is 19.1. The van der Waals surface area contributed by atoms with Gasteiger partial charge in [0.1, 0.15) is 0 Å². The minimum Gasteiger partial charge on any atom is -0.264 e. The summed E-state index contributed by atoms with van der Waals surface area (Å²) in [7, 11) is 0. The Hall–Kier alpha value is -6.90. The van der Waals surface area contributed by atoms with E-state index in [0.29, 0.717) is 0 Å². The summed E-state index contributed by atoms with van der Waals surface area (Å²) in [6, 6.07) is 57.9. The lowest BCUT2D eigenvalue weighted by Crippen LogP contribution is -2.14. The molecule has 0 bridgehead atoms. The van der Waals surface area contributed by atoms with E-state index in [-0.39, 0.29) is 5.41 Å².